The van der Waals surface area contributed by atoms with E-state index in [9.17, 15) is 9.18 Å². The number of fused-ring (bicyclic) bond motifs is 3. The van der Waals surface area contributed by atoms with Gasteiger partial charge in [0.25, 0.3) is 5.56 Å². The van der Waals surface area contributed by atoms with E-state index in [2.05, 4.69) is 23.2 Å². The summed E-state index contributed by atoms with van der Waals surface area (Å²) in [5.74, 6) is -0.272. The number of hydrogen-bond donors (Lipinski definition) is 0. The van der Waals surface area contributed by atoms with Crippen molar-refractivity contribution in [3.05, 3.63) is 112 Å². The lowest BCUT2D eigenvalue weighted by atomic mass is 10.1. The van der Waals surface area contributed by atoms with Crippen LogP contribution in [-0.4, -0.2) is 14.1 Å². The molecule has 0 unspecified atom stereocenters. The molecule has 0 amide bonds. The number of benzene rings is 3. The molecule has 0 aliphatic carbocycles. The molecule has 0 saturated heterocycles. The third-order valence-corrected chi connectivity index (χ3v) is 5.72. The van der Waals surface area contributed by atoms with Crippen LogP contribution in [0.25, 0.3) is 21.9 Å². The highest BCUT2D eigenvalue weighted by Gasteiger charge is 2.17. The van der Waals surface area contributed by atoms with Crippen molar-refractivity contribution in [3.8, 4) is 0 Å². The number of rotatable bonds is 5. The first kappa shape index (κ1) is 19.2. The molecule has 0 aliphatic heterocycles. The van der Waals surface area contributed by atoms with Gasteiger partial charge in [-0.1, -0.05) is 54.1 Å². The minimum atomic E-state index is -0.272. The van der Waals surface area contributed by atoms with Gasteiger partial charge >= 0.3 is 0 Å². The zero-order chi connectivity index (χ0) is 21.4. The van der Waals surface area contributed by atoms with Gasteiger partial charge in [-0.25, -0.2) is 9.37 Å². The SMILES string of the molecule is Cc1ccc2c(c1)c1ncn(CCc3ccccc3)c(=O)c1n2Cc1ccc(F)cc1. The van der Waals surface area contributed by atoms with Crippen molar-refractivity contribution in [2.45, 2.75) is 26.4 Å². The fourth-order valence-corrected chi connectivity index (χ4v) is 4.10. The van der Waals surface area contributed by atoms with E-state index in [0.29, 0.717) is 24.1 Å². The molecule has 5 aromatic rings. The van der Waals surface area contributed by atoms with Crippen LogP contribution >= 0.6 is 0 Å². The van der Waals surface area contributed by atoms with Crippen molar-refractivity contribution < 1.29 is 4.39 Å². The van der Waals surface area contributed by atoms with Crippen LogP contribution in [-0.2, 0) is 19.5 Å². The second-order valence-electron chi connectivity index (χ2n) is 7.91. The third kappa shape index (κ3) is 3.63. The molecular weight excluding hydrogens is 389 g/mol. The van der Waals surface area contributed by atoms with E-state index in [1.54, 1.807) is 23.0 Å². The van der Waals surface area contributed by atoms with Crippen molar-refractivity contribution in [3.63, 3.8) is 0 Å². The molecule has 0 fully saturated rings. The fraction of sp³-hybridized carbons (Fsp3) is 0.154. The molecule has 5 rings (SSSR count). The first-order valence-corrected chi connectivity index (χ1v) is 10.4. The highest BCUT2D eigenvalue weighted by molar-refractivity contribution is 6.05. The zero-order valence-corrected chi connectivity index (χ0v) is 17.3. The van der Waals surface area contributed by atoms with Gasteiger partial charge in [0, 0.05) is 18.5 Å². The summed E-state index contributed by atoms with van der Waals surface area (Å²) in [6.45, 7) is 3.06. The van der Waals surface area contributed by atoms with Crippen LogP contribution < -0.4 is 5.56 Å². The Morgan fingerprint density at radius 1 is 0.935 bits per heavy atom. The summed E-state index contributed by atoms with van der Waals surface area (Å²) in [6, 6.07) is 22.7. The molecule has 5 heteroatoms. The summed E-state index contributed by atoms with van der Waals surface area (Å²) in [7, 11) is 0. The Labute approximate surface area is 179 Å². The highest BCUT2D eigenvalue weighted by Crippen LogP contribution is 2.27. The van der Waals surface area contributed by atoms with Crippen molar-refractivity contribution in [1.82, 2.24) is 14.1 Å². The molecule has 31 heavy (non-hydrogen) atoms. The van der Waals surface area contributed by atoms with Crippen LogP contribution in [0, 0.1) is 12.7 Å². The quantitative estimate of drug-likeness (QED) is 0.404. The van der Waals surface area contributed by atoms with Gasteiger partial charge in [-0.3, -0.25) is 9.36 Å². The molecule has 0 spiro atoms. The molecule has 2 heterocycles. The first-order valence-electron chi connectivity index (χ1n) is 10.4. The summed E-state index contributed by atoms with van der Waals surface area (Å²) in [4.78, 5) is 18.2. The molecule has 2 aromatic heterocycles. The minimum Gasteiger partial charge on any atom is -0.330 e. The number of nitrogens with zero attached hydrogens (tertiary/aromatic N) is 3. The smallest absolute Gasteiger partial charge is 0.277 e. The Bertz CT molecular complexity index is 1430. The second kappa shape index (κ2) is 7.84. The Morgan fingerprint density at radius 3 is 2.48 bits per heavy atom. The van der Waals surface area contributed by atoms with E-state index in [1.807, 2.05) is 41.8 Å². The predicted octanol–water partition coefficient (Wildman–Crippen LogP) is 5.09. The van der Waals surface area contributed by atoms with E-state index >= 15 is 0 Å². The lowest BCUT2D eigenvalue weighted by molar-refractivity contribution is 0.626. The normalized spacial score (nSPS) is 11.4. The average Bonchev–Trinajstić information content (AvgIpc) is 3.09. The van der Waals surface area contributed by atoms with Gasteiger partial charge in [0.1, 0.15) is 16.9 Å². The molecule has 4 nitrogen and oxygen atoms in total. The summed E-state index contributed by atoms with van der Waals surface area (Å²) in [5.41, 5.74) is 5.41. The van der Waals surface area contributed by atoms with Gasteiger partial charge in [0.2, 0.25) is 0 Å². The van der Waals surface area contributed by atoms with Crippen molar-refractivity contribution in [2.24, 2.45) is 0 Å². The van der Waals surface area contributed by atoms with Gasteiger partial charge in [-0.05, 0) is 48.7 Å². The van der Waals surface area contributed by atoms with Crippen LogP contribution in [0.4, 0.5) is 4.39 Å². The van der Waals surface area contributed by atoms with E-state index < -0.39 is 0 Å². The van der Waals surface area contributed by atoms with Crippen LogP contribution in [0.1, 0.15) is 16.7 Å². The molecule has 0 aliphatic rings. The van der Waals surface area contributed by atoms with Gasteiger partial charge in [-0.15, -0.1) is 0 Å². The molecular formula is C26H22FN3O. The molecule has 0 radical (unpaired) electrons. The maximum absolute atomic E-state index is 13.5. The van der Waals surface area contributed by atoms with Gasteiger partial charge in [0.05, 0.1) is 11.8 Å². The Morgan fingerprint density at radius 2 is 1.71 bits per heavy atom. The first-order chi connectivity index (χ1) is 15.1. The van der Waals surface area contributed by atoms with Gasteiger partial charge in [-0.2, -0.15) is 0 Å². The van der Waals surface area contributed by atoms with Crippen molar-refractivity contribution >= 4 is 21.9 Å². The molecule has 0 bridgehead atoms. The van der Waals surface area contributed by atoms with E-state index in [1.165, 1.54) is 17.7 Å². The number of aromatic nitrogens is 3. The topological polar surface area (TPSA) is 39.8 Å². The molecule has 154 valence electrons. The zero-order valence-electron chi connectivity index (χ0n) is 17.3. The average molecular weight is 411 g/mol. The standard InChI is InChI=1S/C26H22FN3O/c1-18-7-12-23-22(15-18)24-25(30(23)16-20-8-10-21(27)11-9-20)26(31)29(17-28-24)14-13-19-5-3-2-4-6-19/h2-12,15,17H,13-14,16H2,1H3. The monoisotopic (exact) mass is 411 g/mol. The highest BCUT2D eigenvalue weighted by atomic mass is 19.1. The maximum Gasteiger partial charge on any atom is 0.277 e. The summed E-state index contributed by atoms with van der Waals surface area (Å²) in [5, 5.41) is 0.962. The Hall–Kier alpha value is -3.73. The maximum atomic E-state index is 13.5. The lowest BCUT2D eigenvalue weighted by Gasteiger charge is -2.09. The number of hydrogen-bond acceptors (Lipinski definition) is 2. The van der Waals surface area contributed by atoms with Crippen LogP contribution in [0.15, 0.2) is 83.9 Å². The Kier molecular flexibility index (Phi) is 4.86. The summed E-state index contributed by atoms with van der Waals surface area (Å²) < 4.78 is 17.1. The third-order valence-electron chi connectivity index (χ3n) is 5.72. The van der Waals surface area contributed by atoms with E-state index in [4.69, 9.17) is 0 Å². The lowest BCUT2D eigenvalue weighted by Crippen LogP contribution is -2.23. The molecule has 0 saturated carbocycles. The summed E-state index contributed by atoms with van der Waals surface area (Å²) >= 11 is 0. The van der Waals surface area contributed by atoms with Gasteiger partial charge < -0.3 is 4.57 Å². The second-order valence-corrected chi connectivity index (χ2v) is 7.91. The molecule has 0 N–H and O–H groups in total. The fourth-order valence-electron chi connectivity index (χ4n) is 4.10. The van der Waals surface area contributed by atoms with Crippen LogP contribution in [0.5, 0.6) is 0 Å². The van der Waals surface area contributed by atoms with Crippen LogP contribution in [0.2, 0.25) is 0 Å². The molecule has 3 aromatic carbocycles. The molecule has 0 atom stereocenters. The largest absolute Gasteiger partial charge is 0.330 e. The minimum absolute atomic E-state index is 0.0584. The number of halogens is 1. The Balaban J connectivity index is 1.64. The van der Waals surface area contributed by atoms with E-state index in [0.717, 1.165) is 28.5 Å². The predicted molar refractivity (Wildman–Crippen MR) is 122 cm³/mol. The van der Waals surface area contributed by atoms with Crippen molar-refractivity contribution in [2.75, 3.05) is 0 Å². The summed E-state index contributed by atoms with van der Waals surface area (Å²) in [6.07, 6.45) is 2.41. The van der Waals surface area contributed by atoms with Crippen molar-refractivity contribution in [1.29, 1.82) is 0 Å². The van der Waals surface area contributed by atoms with E-state index in [-0.39, 0.29) is 11.4 Å². The van der Waals surface area contributed by atoms with Crippen LogP contribution in [0.3, 0.4) is 0 Å². The van der Waals surface area contributed by atoms with Gasteiger partial charge in [0.15, 0.2) is 0 Å². The number of aryl methyl sites for hydroxylation is 3.